The molecule has 0 fully saturated rings. The molecule has 0 aromatic carbocycles. The molecule has 4 heteroatoms. The molecule has 0 radical (unpaired) electrons. The average Bonchev–Trinajstić information content (AvgIpc) is 2.66. The van der Waals surface area contributed by atoms with Gasteiger partial charge in [-0.3, -0.25) is 4.98 Å². The summed E-state index contributed by atoms with van der Waals surface area (Å²) in [6.07, 6.45) is 2.38. The Morgan fingerprint density at radius 1 is 1.27 bits per heavy atom. The average molecular weight is 242 g/mol. The number of pyridine rings is 1. The summed E-state index contributed by atoms with van der Waals surface area (Å²) in [6.45, 7) is 0. The molecule has 0 aliphatic rings. The molecule has 0 spiro atoms. The van der Waals surface area contributed by atoms with Gasteiger partial charge in [0.2, 0.25) is 0 Å². The highest BCUT2D eigenvalue weighted by atomic mass is 35.5. The minimum atomic E-state index is -0.229. The van der Waals surface area contributed by atoms with Crippen LogP contribution in [0.1, 0.15) is 16.8 Å². The summed E-state index contributed by atoms with van der Waals surface area (Å²) in [5.41, 5.74) is 0.935. The predicted octanol–water partition coefficient (Wildman–Crippen LogP) is 3.85. The Balaban J connectivity index is 2.07. The third kappa shape index (κ3) is 2.74. The summed E-state index contributed by atoms with van der Waals surface area (Å²) >= 11 is 11.8. The summed E-state index contributed by atoms with van der Waals surface area (Å²) in [6, 6.07) is 9.20. The van der Waals surface area contributed by atoms with Crippen LogP contribution < -0.4 is 0 Å². The number of halogens is 2. The molecule has 0 aliphatic carbocycles. The van der Waals surface area contributed by atoms with Crippen LogP contribution in [0.25, 0.3) is 0 Å². The van der Waals surface area contributed by atoms with Gasteiger partial charge in [0.05, 0.1) is 5.38 Å². The lowest BCUT2D eigenvalue weighted by atomic mass is 10.2. The van der Waals surface area contributed by atoms with E-state index in [1.165, 1.54) is 0 Å². The van der Waals surface area contributed by atoms with Crippen LogP contribution in [0.4, 0.5) is 0 Å². The van der Waals surface area contributed by atoms with Crippen molar-refractivity contribution in [3.05, 3.63) is 53.2 Å². The molecule has 1 unspecified atom stereocenters. The lowest BCUT2D eigenvalue weighted by Gasteiger charge is -2.04. The molecule has 0 saturated heterocycles. The van der Waals surface area contributed by atoms with Crippen LogP contribution in [-0.2, 0) is 6.42 Å². The molecule has 0 aliphatic heterocycles. The first-order valence-electron chi connectivity index (χ1n) is 4.55. The van der Waals surface area contributed by atoms with Gasteiger partial charge in [-0.1, -0.05) is 6.07 Å². The lowest BCUT2D eigenvalue weighted by Crippen LogP contribution is -1.96. The standard InChI is InChI=1S/C11H9Cl2NO/c12-9(10-4-5-11(13)15-10)7-8-3-1-2-6-14-8/h1-6,9H,7H2. The van der Waals surface area contributed by atoms with Crippen LogP contribution in [0.15, 0.2) is 40.9 Å². The van der Waals surface area contributed by atoms with Gasteiger partial charge < -0.3 is 4.42 Å². The third-order valence-electron chi connectivity index (χ3n) is 2.02. The second-order valence-electron chi connectivity index (χ2n) is 3.13. The SMILES string of the molecule is Clc1ccc(C(Cl)Cc2ccccn2)o1. The minimum Gasteiger partial charge on any atom is -0.448 e. The number of nitrogens with zero attached hydrogens (tertiary/aromatic N) is 1. The first kappa shape index (κ1) is 10.5. The number of furan rings is 1. The zero-order valence-corrected chi connectivity index (χ0v) is 9.37. The van der Waals surface area contributed by atoms with Gasteiger partial charge in [0, 0.05) is 18.3 Å². The first-order chi connectivity index (χ1) is 7.25. The van der Waals surface area contributed by atoms with Gasteiger partial charge in [0.1, 0.15) is 5.76 Å². The molecule has 2 aromatic rings. The molecule has 0 saturated carbocycles. The van der Waals surface area contributed by atoms with E-state index < -0.39 is 0 Å². The van der Waals surface area contributed by atoms with E-state index in [0.29, 0.717) is 17.4 Å². The van der Waals surface area contributed by atoms with Gasteiger partial charge in [-0.25, -0.2) is 0 Å². The van der Waals surface area contributed by atoms with E-state index in [9.17, 15) is 0 Å². The minimum absolute atomic E-state index is 0.229. The van der Waals surface area contributed by atoms with E-state index in [-0.39, 0.29) is 5.38 Å². The van der Waals surface area contributed by atoms with E-state index in [4.69, 9.17) is 27.6 Å². The van der Waals surface area contributed by atoms with Crippen LogP contribution in [0.3, 0.4) is 0 Å². The highest BCUT2D eigenvalue weighted by Crippen LogP contribution is 2.27. The Kier molecular flexibility index (Phi) is 3.29. The van der Waals surface area contributed by atoms with Crippen molar-refractivity contribution in [2.24, 2.45) is 0 Å². The fraction of sp³-hybridized carbons (Fsp3) is 0.182. The molecule has 1 atom stereocenters. The van der Waals surface area contributed by atoms with Crippen molar-refractivity contribution in [1.82, 2.24) is 4.98 Å². The molecule has 0 amide bonds. The summed E-state index contributed by atoms with van der Waals surface area (Å²) in [5.74, 6) is 0.673. The quantitative estimate of drug-likeness (QED) is 0.764. The summed E-state index contributed by atoms with van der Waals surface area (Å²) in [4.78, 5) is 4.19. The van der Waals surface area contributed by atoms with E-state index in [2.05, 4.69) is 4.98 Å². The van der Waals surface area contributed by atoms with Crippen molar-refractivity contribution in [2.75, 3.05) is 0 Å². The largest absolute Gasteiger partial charge is 0.448 e. The number of rotatable bonds is 3. The maximum Gasteiger partial charge on any atom is 0.193 e. The van der Waals surface area contributed by atoms with Crippen molar-refractivity contribution >= 4 is 23.2 Å². The maximum atomic E-state index is 6.16. The molecular weight excluding hydrogens is 233 g/mol. The van der Waals surface area contributed by atoms with Gasteiger partial charge in [-0.15, -0.1) is 11.6 Å². The second kappa shape index (κ2) is 4.69. The Morgan fingerprint density at radius 3 is 2.73 bits per heavy atom. The third-order valence-corrected chi connectivity index (χ3v) is 2.59. The molecule has 78 valence electrons. The van der Waals surface area contributed by atoms with Crippen LogP contribution in [-0.4, -0.2) is 4.98 Å². The van der Waals surface area contributed by atoms with Crippen molar-refractivity contribution in [1.29, 1.82) is 0 Å². The molecule has 2 nitrogen and oxygen atoms in total. The Labute approximate surface area is 97.8 Å². The van der Waals surface area contributed by atoms with Gasteiger partial charge in [0.15, 0.2) is 5.22 Å². The Hall–Kier alpha value is -0.990. The van der Waals surface area contributed by atoms with Crippen molar-refractivity contribution in [2.45, 2.75) is 11.8 Å². The number of hydrogen-bond donors (Lipinski definition) is 0. The monoisotopic (exact) mass is 241 g/mol. The molecule has 0 N–H and O–H groups in total. The molecule has 2 aromatic heterocycles. The van der Waals surface area contributed by atoms with E-state index in [1.54, 1.807) is 18.3 Å². The molecule has 15 heavy (non-hydrogen) atoms. The zero-order valence-electron chi connectivity index (χ0n) is 7.86. The molecule has 0 bridgehead atoms. The molecule has 2 rings (SSSR count). The van der Waals surface area contributed by atoms with Gasteiger partial charge >= 0.3 is 0 Å². The number of hydrogen-bond acceptors (Lipinski definition) is 2. The van der Waals surface area contributed by atoms with E-state index >= 15 is 0 Å². The fourth-order valence-electron chi connectivity index (χ4n) is 1.30. The highest BCUT2D eigenvalue weighted by molar-refractivity contribution is 6.29. The molecule has 2 heterocycles. The summed E-state index contributed by atoms with van der Waals surface area (Å²) in [7, 11) is 0. The summed E-state index contributed by atoms with van der Waals surface area (Å²) < 4.78 is 5.22. The van der Waals surface area contributed by atoms with Gasteiger partial charge in [0.25, 0.3) is 0 Å². The van der Waals surface area contributed by atoms with Crippen LogP contribution >= 0.6 is 23.2 Å². The number of aromatic nitrogens is 1. The topological polar surface area (TPSA) is 26.0 Å². The first-order valence-corrected chi connectivity index (χ1v) is 5.36. The lowest BCUT2D eigenvalue weighted by molar-refractivity contribution is 0.503. The smallest absolute Gasteiger partial charge is 0.193 e. The van der Waals surface area contributed by atoms with Crippen LogP contribution in [0.2, 0.25) is 5.22 Å². The van der Waals surface area contributed by atoms with E-state index in [1.807, 2.05) is 18.2 Å². The van der Waals surface area contributed by atoms with Crippen molar-refractivity contribution in [3.63, 3.8) is 0 Å². The predicted molar refractivity (Wildman–Crippen MR) is 60.3 cm³/mol. The van der Waals surface area contributed by atoms with Gasteiger partial charge in [-0.2, -0.15) is 0 Å². The van der Waals surface area contributed by atoms with Gasteiger partial charge in [-0.05, 0) is 35.9 Å². The van der Waals surface area contributed by atoms with Crippen LogP contribution in [0.5, 0.6) is 0 Å². The normalized spacial score (nSPS) is 12.7. The Morgan fingerprint density at radius 2 is 2.13 bits per heavy atom. The van der Waals surface area contributed by atoms with E-state index in [0.717, 1.165) is 5.69 Å². The molecular formula is C11H9Cl2NO. The number of alkyl halides is 1. The van der Waals surface area contributed by atoms with Crippen molar-refractivity contribution < 1.29 is 4.42 Å². The zero-order chi connectivity index (χ0) is 10.7. The second-order valence-corrected chi connectivity index (χ2v) is 4.03. The fourth-order valence-corrected chi connectivity index (χ4v) is 1.73. The summed E-state index contributed by atoms with van der Waals surface area (Å²) in [5, 5.41) is 0.129. The van der Waals surface area contributed by atoms with Crippen LogP contribution in [0, 0.1) is 0 Å². The maximum absolute atomic E-state index is 6.16. The Bertz CT molecular complexity index is 427. The highest BCUT2D eigenvalue weighted by Gasteiger charge is 2.13. The van der Waals surface area contributed by atoms with Crippen molar-refractivity contribution in [3.8, 4) is 0 Å².